The van der Waals surface area contributed by atoms with Crippen LogP contribution in [0.3, 0.4) is 0 Å². The maximum atomic E-state index is 12.4. The zero-order valence-electron chi connectivity index (χ0n) is 13.6. The summed E-state index contributed by atoms with van der Waals surface area (Å²) in [5, 5.41) is 4.74. The van der Waals surface area contributed by atoms with Crippen LogP contribution in [0.2, 0.25) is 5.02 Å². The molecule has 1 fully saturated rings. The van der Waals surface area contributed by atoms with E-state index in [0.717, 1.165) is 16.8 Å². The normalized spacial score (nSPS) is 17.3. The molecule has 2 heterocycles. The maximum absolute atomic E-state index is 12.4. The Balaban J connectivity index is 1.57. The standard InChI is InChI=1S/C19H16ClN3O2/c1-12-4-2-3-5-16(12)18-21-19(25-22-18)13-10-17(24)23(11-13)15-8-6-14(20)7-9-15/h2-9,13H,10-11H2,1H3/t13-/m0/s1. The van der Waals surface area contributed by atoms with E-state index >= 15 is 0 Å². The van der Waals surface area contributed by atoms with Crippen LogP contribution in [0.1, 0.15) is 23.8 Å². The van der Waals surface area contributed by atoms with E-state index in [1.807, 2.05) is 43.3 Å². The van der Waals surface area contributed by atoms with Crippen LogP contribution in [0, 0.1) is 6.92 Å². The summed E-state index contributed by atoms with van der Waals surface area (Å²) in [5.41, 5.74) is 2.85. The van der Waals surface area contributed by atoms with Gasteiger partial charge in [0.15, 0.2) is 0 Å². The second kappa shape index (κ2) is 6.33. The number of carbonyl (C=O) groups excluding carboxylic acids is 1. The summed E-state index contributed by atoms with van der Waals surface area (Å²) in [6.45, 7) is 2.53. The van der Waals surface area contributed by atoms with Crippen molar-refractivity contribution in [2.45, 2.75) is 19.3 Å². The Kier molecular flexibility index (Phi) is 4.01. The lowest BCUT2D eigenvalue weighted by molar-refractivity contribution is -0.117. The molecule has 1 aliphatic rings. The van der Waals surface area contributed by atoms with Crippen molar-refractivity contribution in [2.75, 3.05) is 11.4 Å². The van der Waals surface area contributed by atoms with Crippen LogP contribution in [-0.4, -0.2) is 22.6 Å². The van der Waals surface area contributed by atoms with Gasteiger partial charge in [-0.1, -0.05) is 41.0 Å². The number of anilines is 1. The first kappa shape index (κ1) is 15.8. The smallest absolute Gasteiger partial charge is 0.232 e. The minimum Gasteiger partial charge on any atom is -0.339 e. The summed E-state index contributed by atoms with van der Waals surface area (Å²) in [7, 11) is 0. The molecule has 6 heteroatoms. The van der Waals surface area contributed by atoms with E-state index in [1.165, 1.54) is 0 Å². The number of hydrogen-bond acceptors (Lipinski definition) is 4. The molecule has 0 saturated carbocycles. The molecular weight excluding hydrogens is 338 g/mol. The summed E-state index contributed by atoms with van der Waals surface area (Å²) in [6.07, 6.45) is 0.359. The number of rotatable bonds is 3. The second-order valence-electron chi connectivity index (χ2n) is 6.15. The van der Waals surface area contributed by atoms with E-state index in [4.69, 9.17) is 16.1 Å². The van der Waals surface area contributed by atoms with Crippen LogP contribution >= 0.6 is 11.6 Å². The summed E-state index contributed by atoms with van der Waals surface area (Å²) in [4.78, 5) is 18.6. The lowest BCUT2D eigenvalue weighted by atomic mass is 10.1. The molecule has 1 saturated heterocycles. The number of aromatic nitrogens is 2. The first-order valence-corrected chi connectivity index (χ1v) is 8.45. The number of aryl methyl sites for hydroxylation is 1. The van der Waals surface area contributed by atoms with E-state index < -0.39 is 0 Å². The van der Waals surface area contributed by atoms with Crippen molar-refractivity contribution in [1.82, 2.24) is 10.1 Å². The molecule has 3 aromatic rings. The molecule has 1 aliphatic heterocycles. The molecule has 2 aromatic carbocycles. The fourth-order valence-electron chi connectivity index (χ4n) is 3.08. The van der Waals surface area contributed by atoms with Gasteiger partial charge >= 0.3 is 0 Å². The van der Waals surface area contributed by atoms with Crippen LogP contribution in [-0.2, 0) is 4.79 Å². The molecule has 0 N–H and O–H groups in total. The molecule has 1 atom stereocenters. The predicted octanol–water partition coefficient (Wildman–Crippen LogP) is 4.22. The summed E-state index contributed by atoms with van der Waals surface area (Å²) < 4.78 is 5.45. The summed E-state index contributed by atoms with van der Waals surface area (Å²) in [6, 6.07) is 15.1. The predicted molar refractivity (Wildman–Crippen MR) is 95.6 cm³/mol. The largest absolute Gasteiger partial charge is 0.339 e. The Morgan fingerprint density at radius 1 is 1.16 bits per heavy atom. The first-order chi connectivity index (χ1) is 12.1. The minimum absolute atomic E-state index is 0.0444. The molecule has 4 rings (SSSR count). The summed E-state index contributed by atoms with van der Waals surface area (Å²) >= 11 is 5.92. The van der Waals surface area contributed by atoms with Gasteiger partial charge in [0.05, 0.1) is 5.92 Å². The zero-order valence-corrected chi connectivity index (χ0v) is 14.4. The zero-order chi connectivity index (χ0) is 17.4. The molecule has 5 nitrogen and oxygen atoms in total. The van der Waals surface area contributed by atoms with E-state index in [2.05, 4.69) is 10.1 Å². The van der Waals surface area contributed by atoms with Crippen molar-refractivity contribution >= 4 is 23.2 Å². The van der Waals surface area contributed by atoms with Gasteiger partial charge in [0.2, 0.25) is 17.6 Å². The quantitative estimate of drug-likeness (QED) is 0.707. The Bertz CT molecular complexity index is 920. The van der Waals surface area contributed by atoms with Gasteiger partial charge < -0.3 is 9.42 Å². The van der Waals surface area contributed by atoms with Crippen molar-refractivity contribution in [3.8, 4) is 11.4 Å². The lowest BCUT2D eigenvalue weighted by Gasteiger charge is -2.15. The average Bonchev–Trinajstić information content (AvgIpc) is 3.23. The topological polar surface area (TPSA) is 59.2 Å². The van der Waals surface area contributed by atoms with Crippen LogP contribution in [0.5, 0.6) is 0 Å². The maximum Gasteiger partial charge on any atom is 0.232 e. The van der Waals surface area contributed by atoms with E-state index in [9.17, 15) is 4.79 Å². The van der Waals surface area contributed by atoms with Crippen LogP contribution in [0.4, 0.5) is 5.69 Å². The number of hydrogen-bond donors (Lipinski definition) is 0. The van der Waals surface area contributed by atoms with Crippen LogP contribution in [0.25, 0.3) is 11.4 Å². The first-order valence-electron chi connectivity index (χ1n) is 8.07. The third-order valence-corrected chi connectivity index (χ3v) is 4.69. The highest BCUT2D eigenvalue weighted by Crippen LogP contribution is 2.32. The van der Waals surface area contributed by atoms with Gasteiger partial charge in [-0.05, 0) is 36.8 Å². The Morgan fingerprint density at radius 2 is 1.92 bits per heavy atom. The average molecular weight is 354 g/mol. The number of amides is 1. The van der Waals surface area contributed by atoms with Crippen LogP contribution < -0.4 is 4.90 Å². The molecule has 0 aliphatic carbocycles. The monoisotopic (exact) mass is 353 g/mol. The molecule has 0 unspecified atom stereocenters. The van der Waals surface area contributed by atoms with Gasteiger partial charge in [0, 0.05) is 29.2 Å². The number of benzene rings is 2. The third-order valence-electron chi connectivity index (χ3n) is 4.44. The van der Waals surface area contributed by atoms with E-state index in [0.29, 0.717) is 29.7 Å². The van der Waals surface area contributed by atoms with Crippen molar-refractivity contribution < 1.29 is 9.32 Å². The van der Waals surface area contributed by atoms with Gasteiger partial charge in [-0.25, -0.2) is 0 Å². The SMILES string of the molecule is Cc1ccccc1-c1noc([C@H]2CC(=O)N(c3ccc(Cl)cc3)C2)n1. The lowest BCUT2D eigenvalue weighted by Crippen LogP contribution is -2.24. The van der Waals surface area contributed by atoms with E-state index in [1.54, 1.807) is 17.0 Å². The van der Waals surface area contributed by atoms with Gasteiger partial charge in [-0.3, -0.25) is 4.79 Å². The third kappa shape index (κ3) is 3.03. The Labute approximate surface area is 150 Å². The van der Waals surface area contributed by atoms with E-state index in [-0.39, 0.29) is 11.8 Å². The number of carbonyl (C=O) groups is 1. The fourth-order valence-corrected chi connectivity index (χ4v) is 3.20. The molecule has 0 bridgehead atoms. The van der Waals surface area contributed by atoms with Crippen LogP contribution in [0.15, 0.2) is 53.1 Å². The Morgan fingerprint density at radius 3 is 2.68 bits per heavy atom. The highest BCUT2D eigenvalue weighted by molar-refractivity contribution is 6.30. The highest BCUT2D eigenvalue weighted by atomic mass is 35.5. The van der Waals surface area contributed by atoms with Gasteiger partial charge in [0.1, 0.15) is 0 Å². The van der Waals surface area contributed by atoms with Gasteiger partial charge in [0.25, 0.3) is 0 Å². The van der Waals surface area contributed by atoms with Gasteiger partial charge in [-0.2, -0.15) is 4.98 Å². The molecular formula is C19H16ClN3O2. The van der Waals surface area contributed by atoms with Crippen molar-refractivity contribution in [2.24, 2.45) is 0 Å². The highest BCUT2D eigenvalue weighted by Gasteiger charge is 2.35. The Hall–Kier alpha value is -2.66. The minimum atomic E-state index is -0.103. The fraction of sp³-hybridized carbons (Fsp3) is 0.211. The molecule has 1 amide bonds. The molecule has 0 spiro atoms. The summed E-state index contributed by atoms with van der Waals surface area (Å²) in [5.74, 6) is 1.00. The number of nitrogens with zero attached hydrogens (tertiary/aromatic N) is 3. The van der Waals surface area contributed by atoms with Crippen molar-refractivity contribution in [3.05, 3.63) is 65.0 Å². The second-order valence-corrected chi connectivity index (χ2v) is 6.59. The molecule has 0 radical (unpaired) electrons. The van der Waals surface area contributed by atoms with Gasteiger partial charge in [-0.15, -0.1) is 0 Å². The molecule has 25 heavy (non-hydrogen) atoms. The number of halogens is 1. The van der Waals surface area contributed by atoms with Crippen molar-refractivity contribution in [1.29, 1.82) is 0 Å². The molecule has 126 valence electrons. The molecule has 1 aromatic heterocycles. The van der Waals surface area contributed by atoms with Crippen molar-refractivity contribution in [3.63, 3.8) is 0 Å².